The molecule has 0 aliphatic heterocycles. The summed E-state index contributed by atoms with van der Waals surface area (Å²) in [5.41, 5.74) is 1.76. The Morgan fingerprint density at radius 1 is 1.17 bits per heavy atom. The van der Waals surface area contributed by atoms with E-state index in [1.807, 2.05) is 19.9 Å². The summed E-state index contributed by atoms with van der Waals surface area (Å²) < 4.78 is 11.2. The summed E-state index contributed by atoms with van der Waals surface area (Å²) in [4.78, 5) is 35.6. The van der Waals surface area contributed by atoms with Crippen LogP contribution in [0.1, 0.15) is 34.2 Å². The second-order valence-corrected chi connectivity index (χ2v) is 8.38. The van der Waals surface area contributed by atoms with Crippen LogP contribution in [0.15, 0.2) is 44.1 Å². The highest BCUT2D eigenvalue weighted by Gasteiger charge is 2.14. The Morgan fingerprint density at radius 3 is 2.55 bits per heavy atom. The van der Waals surface area contributed by atoms with Gasteiger partial charge < -0.3 is 14.5 Å². The van der Waals surface area contributed by atoms with Gasteiger partial charge in [-0.25, -0.2) is 4.79 Å². The van der Waals surface area contributed by atoms with Gasteiger partial charge in [0.25, 0.3) is 0 Å². The molecule has 8 nitrogen and oxygen atoms in total. The number of hydrogen-bond acceptors (Lipinski definition) is 9. The van der Waals surface area contributed by atoms with E-state index < -0.39 is 11.4 Å². The quantitative estimate of drug-likeness (QED) is 0.358. The molecule has 150 valence electrons. The third-order valence-corrected chi connectivity index (χ3v) is 5.53. The van der Waals surface area contributed by atoms with Gasteiger partial charge in [-0.15, -0.1) is 10.2 Å². The maximum absolute atomic E-state index is 12.3. The normalized spacial score (nSPS) is 10.6. The van der Waals surface area contributed by atoms with E-state index in [0.29, 0.717) is 26.5 Å². The lowest BCUT2D eigenvalue weighted by atomic mass is 10.1. The number of thioether (sulfide) groups is 1. The standard InChI is InChI=1S/C19H17N3O5S2/c1-10-4-11(2)6-13(5-10)17(25)27-16-8-26-14(7-15(16)24)9-28-19-22-21-18(29-19)20-12(3)23/h4-8H,9H2,1-3H3,(H,20,21,23). The zero-order chi connectivity index (χ0) is 21.0. The first-order valence-electron chi connectivity index (χ1n) is 8.46. The Labute approximate surface area is 174 Å². The summed E-state index contributed by atoms with van der Waals surface area (Å²) in [5.74, 6) is -0.301. The molecule has 0 radical (unpaired) electrons. The number of ether oxygens (including phenoxy) is 1. The van der Waals surface area contributed by atoms with Gasteiger partial charge in [0.2, 0.25) is 22.2 Å². The molecule has 29 heavy (non-hydrogen) atoms. The van der Waals surface area contributed by atoms with Crippen LogP contribution in [-0.4, -0.2) is 22.1 Å². The SMILES string of the molecule is CC(=O)Nc1nnc(SCc2cc(=O)c(OC(=O)c3cc(C)cc(C)c3)co2)s1. The van der Waals surface area contributed by atoms with Crippen LogP contribution >= 0.6 is 23.1 Å². The Morgan fingerprint density at radius 2 is 1.90 bits per heavy atom. The first-order chi connectivity index (χ1) is 13.8. The number of nitrogens with one attached hydrogen (secondary N) is 1. The lowest BCUT2D eigenvalue weighted by Crippen LogP contribution is -2.15. The molecule has 0 saturated carbocycles. The Hall–Kier alpha value is -2.98. The number of amides is 1. The van der Waals surface area contributed by atoms with E-state index in [-0.39, 0.29) is 11.7 Å². The van der Waals surface area contributed by atoms with Crippen LogP contribution in [0.2, 0.25) is 0 Å². The summed E-state index contributed by atoms with van der Waals surface area (Å²) in [6, 6.07) is 6.60. The first-order valence-corrected chi connectivity index (χ1v) is 10.3. The van der Waals surface area contributed by atoms with Crippen LogP contribution in [0.4, 0.5) is 5.13 Å². The maximum Gasteiger partial charge on any atom is 0.343 e. The number of aryl methyl sites for hydroxylation is 2. The van der Waals surface area contributed by atoms with Crippen LogP contribution in [0.25, 0.3) is 0 Å². The van der Waals surface area contributed by atoms with Crippen molar-refractivity contribution in [3.05, 3.63) is 63.2 Å². The highest BCUT2D eigenvalue weighted by molar-refractivity contribution is 8.00. The number of esters is 1. The maximum atomic E-state index is 12.3. The molecule has 0 aliphatic rings. The van der Waals surface area contributed by atoms with Crippen molar-refractivity contribution in [1.29, 1.82) is 0 Å². The fraction of sp³-hybridized carbons (Fsp3) is 0.211. The number of benzene rings is 1. The highest BCUT2D eigenvalue weighted by atomic mass is 32.2. The van der Waals surface area contributed by atoms with Crippen molar-refractivity contribution in [2.24, 2.45) is 0 Å². The fourth-order valence-electron chi connectivity index (χ4n) is 2.44. The van der Waals surface area contributed by atoms with Crippen LogP contribution < -0.4 is 15.5 Å². The smallest absolute Gasteiger partial charge is 0.343 e. The molecule has 3 aromatic rings. The molecule has 0 atom stereocenters. The van der Waals surface area contributed by atoms with E-state index in [9.17, 15) is 14.4 Å². The van der Waals surface area contributed by atoms with Crippen molar-refractivity contribution in [1.82, 2.24) is 10.2 Å². The van der Waals surface area contributed by atoms with Crippen molar-refractivity contribution >= 4 is 40.1 Å². The molecule has 0 aliphatic carbocycles. The van der Waals surface area contributed by atoms with E-state index >= 15 is 0 Å². The first kappa shape index (κ1) is 20.7. The van der Waals surface area contributed by atoms with E-state index in [1.54, 1.807) is 12.1 Å². The van der Waals surface area contributed by atoms with Gasteiger partial charge in [-0.2, -0.15) is 0 Å². The molecule has 0 bridgehead atoms. The number of hydrogen-bond donors (Lipinski definition) is 1. The van der Waals surface area contributed by atoms with Gasteiger partial charge in [0.1, 0.15) is 12.0 Å². The molecular formula is C19H17N3O5S2. The number of carbonyl (C=O) groups is 2. The van der Waals surface area contributed by atoms with Crippen molar-refractivity contribution in [2.75, 3.05) is 5.32 Å². The van der Waals surface area contributed by atoms with Crippen LogP contribution in [0.3, 0.4) is 0 Å². The summed E-state index contributed by atoms with van der Waals surface area (Å²) >= 11 is 2.52. The van der Waals surface area contributed by atoms with Gasteiger partial charge >= 0.3 is 5.97 Å². The molecule has 1 aromatic carbocycles. The monoisotopic (exact) mass is 431 g/mol. The molecule has 2 heterocycles. The number of nitrogens with zero attached hydrogens (tertiary/aromatic N) is 2. The minimum atomic E-state index is -0.620. The van der Waals surface area contributed by atoms with Crippen LogP contribution in [0.5, 0.6) is 5.75 Å². The number of carbonyl (C=O) groups excluding carboxylic acids is 2. The van der Waals surface area contributed by atoms with Gasteiger partial charge in [0.05, 0.1) is 11.3 Å². The van der Waals surface area contributed by atoms with Crippen molar-refractivity contribution in [3.63, 3.8) is 0 Å². The fourth-order valence-corrected chi connectivity index (χ4v) is 4.13. The largest absolute Gasteiger partial charge is 0.464 e. The third kappa shape index (κ3) is 5.75. The molecule has 0 saturated heterocycles. The zero-order valence-electron chi connectivity index (χ0n) is 15.8. The molecule has 2 aromatic heterocycles. The summed E-state index contributed by atoms with van der Waals surface area (Å²) in [7, 11) is 0. The van der Waals surface area contributed by atoms with Gasteiger partial charge in [-0.05, 0) is 26.0 Å². The lowest BCUT2D eigenvalue weighted by Gasteiger charge is -2.06. The number of rotatable bonds is 6. The summed E-state index contributed by atoms with van der Waals surface area (Å²) in [6.07, 6.45) is 1.13. The number of anilines is 1. The molecular weight excluding hydrogens is 414 g/mol. The predicted molar refractivity (Wildman–Crippen MR) is 110 cm³/mol. The Kier molecular flexibility index (Phi) is 6.45. The topological polar surface area (TPSA) is 111 Å². The molecule has 3 rings (SSSR count). The van der Waals surface area contributed by atoms with E-state index in [1.165, 1.54) is 36.1 Å². The molecule has 1 amide bonds. The average Bonchev–Trinajstić information content (AvgIpc) is 3.07. The van der Waals surface area contributed by atoms with Gasteiger partial charge in [0, 0.05) is 13.0 Å². The predicted octanol–water partition coefficient (Wildman–Crippen LogP) is 3.58. The molecule has 0 unspecified atom stereocenters. The van der Waals surface area contributed by atoms with Gasteiger partial charge in [-0.3, -0.25) is 9.59 Å². The zero-order valence-corrected chi connectivity index (χ0v) is 17.5. The van der Waals surface area contributed by atoms with E-state index in [4.69, 9.17) is 9.15 Å². The summed E-state index contributed by atoms with van der Waals surface area (Å²) in [5, 5.41) is 10.7. The van der Waals surface area contributed by atoms with Gasteiger partial charge in [0.15, 0.2) is 4.34 Å². The van der Waals surface area contributed by atoms with Crippen molar-refractivity contribution in [2.45, 2.75) is 30.9 Å². The van der Waals surface area contributed by atoms with Gasteiger partial charge in [-0.1, -0.05) is 40.3 Å². The minimum absolute atomic E-state index is 0.174. The van der Waals surface area contributed by atoms with E-state index in [0.717, 1.165) is 17.4 Å². The second-order valence-electron chi connectivity index (χ2n) is 6.18. The highest BCUT2D eigenvalue weighted by Crippen LogP contribution is 2.28. The molecule has 0 fully saturated rings. The van der Waals surface area contributed by atoms with E-state index in [2.05, 4.69) is 15.5 Å². The van der Waals surface area contributed by atoms with Crippen LogP contribution in [0, 0.1) is 13.8 Å². The molecule has 0 spiro atoms. The average molecular weight is 431 g/mol. The van der Waals surface area contributed by atoms with Crippen molar-refractivity contribution in [3.8, 4) is 5.75 Å². The third-order valence-electron chi connectivity index (χ3n) is 3.54. The lowest BCUT2D eigenvalue weighted by molar-refractivity contribution is -0.114. The van der Waals surface area contributed by atoms with Crippen LogP contribution in [-0.2, 0) is 10.5 Å². The minimum Gasteiger partial charge on any atom is -0.464 e. The summed E-state index contributed by atoms with van der Waals surface area (Å²) in [6.45, 7) is 5.14. The molecule has 1 N–H and O–H groups in total. The molecule has 10 heteroatoms. The van der Waals surface area contributed by atoms with Crippen molar-refractivity contribution < 1.29 is 18.7 Å². The second kappa shape index (κ2) is 9.01. The Balaban J connectivity index is 1.64. The number of aromatic nitrogens is 2. The Bertz CT molecular complexity index is 1100.